The Morgan fingerprint density at radius 3 is 2.41 bits per heavy atom. The molecule has 1 heterocycles. The largest absolute Gasteiger partial charge is 0.486 e. The Labute approximate surface area is 158 Å². The number of ether oxygens (including phenoxy) is 2. The first kappa shape index (κ1) is 19.0. The summed E-state index contributed by atoms with van der Waals surface area (Å²) in [5.74, 6) is 1.39. The number of carbonyl (C=O) groups is 1. The Hall–Kier alpha value is -2.74. The Bertz CT molecular complexity index is 926. The zero-order valence-electron chi connectivity index (χ0n) is 15.2. The third-order valence-electron chi connectivity index (χ3n) is 4.22. The molecule has 0 radical (unpaired) electrons. The van der Waals surface area contributed by atoms with E-state index in [-0.39, 0.29) is 17.0 Å². The quantitative estimate of drug-likeness (QED) is 0.818. The fourth-order valence-electron chi connectivity index (χ4n) is 2.71. The molecule has 27 heavy (non-hydrogen) atoms. The lowest BCUT2D eigenvalue weighted by Crippen LogP contribution is -2.36. The minimum atomic E-state index is -3.23. The number of fused-ring (bicyclic) bond motifs is 1. The van der Waals surface area contributed by atoms with Crippen molar-refractivity contribution < 1.29 is 22.7 Å². The monoisotopic (exact) mass is 390 g/mol. The number of sulfone groups is 1. The van der Waals surface area contributed by atoms with Crippen molar-refractivity contribution in [3.8, 4) is 11.5 Å². The summed E-state index contributed by atoms with van der Waals surface area (Å²) >= 11 is 0. The van der Waals surface area contributed by atoms with Crippen LogP contribution in [0, 0.1) is 0 Å². The lowest BCUT2D eigenvalue weighted by Gasteiger charge is -2.19. The molecule has 2 aromatic carbocycles. The average Bonchev–Trinajstić information content (AvgIpc) is 2.65. The van der Waals surface area contributed by atoms with E-state index in [9.17, 15) is 13.2 Å². The van der Waals surface area contributed by atoms with Crippen LogP contribution in [0.1, 0.15) is 24.1 Å². The molecule has 0 saturated heterocycles. The lowest BCUT2D eigenvalue weighted by atomic mass is 10.1. The van der Waals surface area contributed by atoms with Gasteiger partial charge < -0.3 is 20.1 Å². The van der Waals surface area contributed by atoms with Crippen LogP contribution in [-0.2, 0) is 16.4 Å². The normalized spacial score (nSPS) is 14.3. The first-order chi connectivity index (χ1) is 12.8. The molecule has 0 bridgehead atoms. The van der Waals surface area contributed by atoms with Gasteiger partial charge in [0.05, 0.1) is 10.9 Å². The summed E-state index contributed by atoms with van der Waals surface area (Å²) in [6.07, 6.45) is 1.16. The first-order valence-electron chi connectivity index (χ1n) is 8.56. The van der Waals surface area contributed by atoms with Crippen molar-refractivity contribution >= 4 is 15.9 Å². The number of hydrogen-bond acceptors (Lipinski definition) is 5. The lowest BCUT2D eigenvalue weighted by molar-refractivity contribution is 0.171. The Balaban J connectivity index is 1.54. The van der Waals surface area contributed by atoms with E-state index < -0.39 is 9.84 Å². The fourth-order valence-corrected chi connectivity index (χ4v) is 3.35. The maximum atomic E-state index is 12.1. The molecule has 0 aromatic heterocycles. The van der Waals surface area contributed by atoms with Crippen LogP contribution in [-0.4, -0.2) is 33.9 Å². The van der Waals surface area contributed by atoms with Gasteiger partial charge in [0.15, 0.2) is 21.3 Å². The molecule has 8 heteroatoms. The van der Waals surface area contributed by atoms with E-state index in [0.29, 0.717) is 31.3 Å². The van der Waals surface area contributed by atoms with Crippen LogP contribution in [0.4, 0.5) is 4.79 Å². The maximum absolute atomic E-state index is 12.1. The summed E-state index contributed by atoms with van der Waals surface area (Å²) in [6, 6.07) is 11.4. The fraction of sp³-hybridized carbons (Fsp3) is 0.316. The van der Waals surface area contributed by atoms with E-state index in [2.05, 4.69) is 10.6 Å². The highest BCUT2D eigenvalue weighted by molar-refractivity contribution is 7.90. The van der Waals surface area contributed by atoms with Crippen molar-refractivity contribution in [3.63, 3.8) is 0 Å². The van der Waals surface area contributed by atoms with Gasteiger partial charge in [0.25, 0.3) is 0 Å². The van der Waals surface area contributed by atoms with Crippen LogP contribution < -0.4 is 20.1 Å². The summed E-state index contributed by atoms with van der Waals surface area (Å²) in [7, 11) is -3.23. The van der Waals surface area contributed by atoms with E-state index in [0.717, 1.165) is 17.4 Å². The molecule has 0 fully saturated rings. The van der Waals surface area contributed by atoms with E-state index >= 15 is 0 Å². The summed E-state index contributed by atoms with van der Waals surface area (Å²) < 4.78 is 34.0. The van der Waals surface area contributed by atoms with E-state index in [1.54, 1.807) is 12.1 Å². The molecule has 0 spiro atoms. The van der Waals surface area contributed by atoms with Gasteiger partial charge in [-0.15, -0.1) is 0 Å². The van der Waals surface area contributed by atoms with Crippen molar-refractivity contribution in [2.75, 3.05) is 19.5 Å². The minimum absolute atomic E-state index is 0.251. The van der Waals surface area contributed by atoms with Crippen LogP contribution in [0.25, 0.3) is 0 Å². The molecule has 1 aliphatic heterocycles. The number of amides is 2. The highest BCUT2D eigenvalue weighted by Gasteiger charge is 2.14. The maximum Gasteiger partial charge on any atom is 0.315 e. The van der Waals surface area contributed by atoms with E-state index in [4.69, 9.17) is 9.47 Å². The minimum Gasteiger partial charge on any atom is -0.486 e. The number of benzene rings is 2. The van der Waals surface area contributed by atoms with E-state index in [1.807, 2.05) is 25.1 Å². The van der Waals surface area contributed by atoms with E-state index in [1.165, 1.54) is 12.1 Å². The van der Waals surface area contributed by atoms with Crippen molar-refractivity contribution in [1.82, 2.24) is 10.6 Å². The second-order valence-electron chi connectivity index (χ2n) is 6.37. The van der Waals surface area contributed by atoms with Crippen molar-refractivity contribution in [2.24, 2.45) is 0 Å². The molecule has 2 amide bonds. The standard InChI is InChI=1S/C19H22N2O5S/c1-13(15-4-6-16(7-5-15)27(2,23)24)21-19(22)20-12-14-3-8-17-18(11-14)26-10-9-25-17/h3-8,11,13H,9-10,12H2,1-2H3,(H2,20,21,22)/t13-/m0/s1. The number of hydrogen-bond donors (Lipinski definition) is 2. The molecular weight excluding hydrogens is 368 g/mol. The molecule has 2 aromatic rings. The average molecular weight is 390 g/mol. The third-order valence-corrected chi connectivity index (χ3v) is 5.34. The Kier molecular flexibility index (Phi) is 5.55. The zero-order chi connectivity index (χ0) is 19.4. The highest BCUT2D eigenvalue weighted by Crippen LogP contribution is 2.30. The molecule has 1 atom stereocenters. The van der Waals surface area contributed by atoms with Gasteiger partial charge in [-0.1, -0.05) is 18.2 Å². The summed E-state index contributed by atoms with van der Waals surface area (Å²) in [4.78, 5) is 12.4. The van der Waals surface area contributed by atoms with Crippen molar-refractivity contribution in [2.45, 2.75) is 24.4 Å². The third kappa shape index (κ3) is 4.91. The number of urea groups is 1. The molecule has 7 nitrogen and oxygen atoms in total. The molecule has 144 valence electrons. The molecule has 0 aliphatic carbocycles. The van der Waals surface area contributed by atoms with Gasteiger partial charge in [-0.3, -0.25) is 0 Å². The molecule has 2 N–H and O–H groups in total. The SMILES string of the molecule is C[C@H](NC(=O)NCc1ccc2c(c1)OCCO2)c1ccc(S(C)(=O)=O)cc1. The molecule has 0 unspecified atom stereocenters. The molecule has 0 saturated carbocycles. The van der Waals surface area contributed by atoms with Crippen molar-refractivity contribution in [1.29, 1.82) is 0 Å². The number of rotatable bonds is 5. The number of carbonyl (C=O) groups excluding carboxylic acids is 1. The molecule has 3 rings (SSSR count). The van der Waals surface area contributed by atoms with Crippen LogP contribution in [0.3, 0.4) is 0 Å². The summed E-state index contributed by atoms with van der Waals surface area (Å²) in [5, 5.41) is 5.63. The van der Waals surface area contributed by atoms with Gasteiger partial charge in [0.2, 0.25) is 0 Å². The first-order valence-corrected chi connectivity index (χ1v) is 10.4. The summed E-state index contributed by atoms with van der Waals surface area (Å²) in [5.41, 5.74) is 1.72. The molecule has 1 aliphatic rings. The molecular formula is C19H22N2O5S. The van der Waals surface area contributed by atoms with Crippen LogP contribution in [0.15, 0.2) is 47.4 Å². The van der Waals surface area contributed by atoms with Crippen LogP contribution >= 0.6 is 0 Å². The Morgan fingerprint density at radius 1 is 1.07 bits per heavy atom. The van der Waals surface area contributed by atoms with Gasteiger partial charge in [0, 0.05) is 12.8 Å². The van der Waals surface area contributed by atoms with Gasteiger partial charge in [-0.2, -0.15) is 0 Å². The predicted octanol–water partition coefficient (Wildman–Crippen LogP) is 2.42. The smallest absolute Gasteiger partial charge is 0.315 e. The van der Waals surface area contributed by atoms with Crippen molar-refractivity contribution in [3.05, 3.63) is 53.6 Å². The van der Waals surface area contributed by atoms with Gasteiger partial charge >= 0.3 is 6.03 Å². The highest BCUT2D eigenvalue weighted by atomic mass is 32.2. The van der Waals surface area contributed by atoms with Gasteiger partial charge in [-0.05, 0) is 42.3 Å². The van der Waals surface area contributed by atoms with Crippen LogP contribution in [0.5, 0.6) is 11.5 Å². The second kappa shape index (κ2) is 7.87. The predicted molar refractivity (Wildman–Crippen MR) is 101 cm³/mol. The second-order valence-corrected chi connectivity index (χ2v) is 8.38. The van der Waals surface area contributed by atoms with Gasteiger partial charge in [-0.25, -0.2) is 13.2 Å². The summed E-state index contributed by atoms with van der Waals surface area (Å²) in [6.45, 7) is 3.23. The zero-order valence-corrected chi connectivity index (χ0v) is 16.0. The Morgan fingerprint density at radius 2 is 1.74 bits per heavy atom. The number of nitrogens with one attached hydrogen (secondary N) is 2. The topological polar surface area (TPSA) is 93.7 Å². The van der Waals surface area contributed by atoms with Crippen LogP contribution in [0.2, 0.25) is 0 Å². The van der Waals surface area contributed by atoms with Gasteiger partial charge in [0.1, 0.15) is 13.2 Å².